The van der Waals surface area contributed by atoms with Crippen molar-refractivity contribution in [3.63, 3.8) is 0 Å². The average molecular weight is 443 g/mol. The van der Waals surface area contributed by atoms with Gasteiger partial charge >= 0.3 is 24.4 Å². The topological polar surface area (TPSA) is 83.9 Å². The third kappa shape index (κ3) is 10.1. The van der Waals surface area contributed by atoms with Crippen LogP contribution in [0.4, 0.5) is 31.1 Å². The molecule has 2 rings (SSSR count). The van der Waals surface area contributed by atoms with Gasteiger partial charge in [-0.1, -0.05) is 30.3 Å². The van der Waals surface area contributed by atoms with Crippen LogP contribution < -0.4 is 0 Å². The molecular formula is C18H19F6NO5. The number of hydrogen-bond donors (Lipinski definition) is 1. The van der Waals surface area contributed by atoms with E-state index < -0.39 is 62.0 Å². The van der Waals surface area contributed by atoms with Crippen LogP contribution in [0, 0.1) is 0 Å². The number of rotatable bonds is 6. The monoisotopic (exact) mass is 443 g/mol. The summed E-state index contributed by atoms with van der Waals surface area (Å²) in [6.45, 7) is 0.00544. The van der Waals surface area contributed by atoms with Gasteiger partial charge in [0.25, 0.3) is 0 Å². The molecule has 0 spiro atoms. The molecule has 1 fully saturated rings. The molecule has 0 unspecified atom stereocenters. The lowest BCUT2D eigenvalue weighted by atomic mass is 10.1. The summed E-state index contributed by atoms with van der Waals surface area (Å²) in [5, 5.41) is 7.78. The van der Waals surface area contributed by atoms with Gasteiger partial charge in [-0.2, -0.15) is 26.3 Å². The number of alkyl halides is 6. The van der Waals surface area contributed by atoms with Crippen molar-refractivity contribution in [1.29, 1.82) is 0 Å². The number of nitrogens with zero attached hydrogens (tertiary/aromatic N) is 1. The minimum Gasteiger partial charge on any atom is -0.481 e. The van der Waals surface area contributed by atoms with Crippen LogP contribution in [0.1, 0.15) is 31.2 Å². The van der Waals surface area contributed by atoms with E-state index in [1.807, 2.05) is 30.3 Å². The Morgan fingerprint density at radius 3 is 2.00 bits per heavy atom. The van der Waals surface area contributed by atoms with Crippen LogP contribution in [0.25, 0.3) is 0 Å². The summed E-state index contributed by atoms with van der Waals surface area (Å²) in [5.74, 6) is -2.27. The van der Waals surface area contributed by atoms with Crippen LogP contribution in [0.15, 0.2) is 30.3 Å². The lowest BCUT2D eigenvalue weighted by Crippen LogP contribution is -2.40. The summed E-state index contributed by atoms with van der Waals surface area (Å²) in [5.41, 5.74) is 0.884. The molecule has 0 saturated carbocycles. The number of hydrogen-bond acceptors (Lipinski definition) is 4. The molecule has 168 valence electrons. The van der Waals surface area contributed by atoms with Gasteiger partial charge < -0.3 is 9.84 Å². The molecular weight excluding hydrogens is 424 g/mol. The predicted octanol–water partition coefficient (Wildman–Crippen LogP) is 4.33. The lowest BCUT2D eigenvalue weighted by molar-refractivity contribution is -0.152. The van der Waals surface area contributed by atoms with Crippen LogP contribution in [-0.4, -0.2) is 53.0 Å². The number of halogens is 6. The van der Waals surface area contributed by atoms with Gasteiger partial charge in [-0.05, 0) is 12.0 Å². The van der Waals surface area contributed by atoms with E-state index in [0.29, 0.717) is 6.42 Å². The molecule has 1 saturated heterocycles. The Hall–Kier alpha value is -2.79. The Bertz CT molecular complexity index is 720. The van der Waals surface area contributed by atoms with Crippen LogP contribution >= 0.6 is 0 Å². The number of carboxylic acids is 1. The minimum atomic E-state index is -4.42. The molecule has 1 atom stereocenters. The first kappa shape index (κ1) is 25.2. The number of amides is 2. The van der Waals surface area contributed by atoms with Gasteiger partial charge in [0, 0.05) is 6.42 Å². The fourth-order valence-electron chi connectivity index (χ4n) is 2.42. The molecule has 0 aromatic heterocycles. The molecule has 1 heterocycles. The largest absolute Gasteiger partial charge is 0.481 e. The molecule has 0 radical (unpaired) electrons. The summed E-state index contributed by atoms with van der Waals surface area (Å²) in [4.78, 5) is 33.7. The smallest absolute Gasteiger partial charge is 0.416 e. The first-order valence-electron chi connectivity index (χ1n) is 8.66. The molecule has 1 aliphatic rings. The Labute approximate surface area is 167 Å². The van der Waals surface area contributed by atoms with Gasteiger partial charge in [0.2, 0.25) is 5.91 Å². The van der Waals surface area contributed by atoms with Gasteiger partial charge in [0.05, 0.1) is 25.3 Å². The Morgan fingerprint density at radius 2 is 1.53 bits per heavy atom. The highest BCUT2D eigenvalue weighted by Crippen LogP contribution is 2.24. The lowest BCUT2D eigenvalue weighted by Gasteiger charge is -2.20. The summed E-state index contributed by atoms with van der Waals surface area (Å²) in [6, 6.07) is 8.53. The van der Waals surface area contributed by atoms with Crippen molar-refractivity contribution in [3.8, 4) is 0 Å². The molecule has 1 aromatic carbocycles. The van der Waals surface area contributed by atoms with E-state index in [1.54, 1.807) is 0 Å². The number of carboxylic acid groups (broad SMARTS) is 1. The van der Waals surface area contributed by atoms with E-state index in [9.17, 15) is 40.7 Å². The highest BCUT2D eigenvalue weighted by molar-refractivity contribution is 5.93. The summed E-state index contributed by atoms with van der Waals surface area (Å²) in [7, 11) is 0. The van der Waals surface area contributed by atoms with Crippen LogP contribution in [-0.2, 0) is 20.7 Å². The first-order chi connectivity index (χ1) is 13.8. The van der Waals surface area contributed by atoms with Gasteiger partial charge in [0.15, 0.2) is 0 Å². The van der Waals surface area contributed by atoms with Crippen molar-refractivity contribution in [1.82, 2.24) is 4.90 Å². The Kier molecular flexibility index (Phi) is 9.12. The van der Waals surface area contributed by atoms with Crippen molar-refractivity contribution in [2.24, 2.45) is 0 Å². The average Bonchev–Trinajstić information content (AvgIpc) is 2.98. The second-order valence-corrected chi connectivity index (χ2v) is 6.31. The zero-order valence-electron chi connectivity index (χ0n) is 15.5. The number of benzene rings is 1. The number of aliphatic carboxylic acids is 1. The molecule has 12 heteroatoms. The Balaban J connectivity index is 0.000000424. The number of cyclic esters (lactones) is 1. The zero-order valence-corrected chi connectivity index (χ0v) is 15.5. The summed E-state index contributed by atoms with van der Waals surface area (Å²) in [6.07, 6.45) is -13.4. The van der Waals surface area contributed by atoms with Gasteiger partial charge in [-0.3, -0.25) is 9.59 Å². The molecule has 1 N–H and O–H groups in total. The summed E-state index contributed by atoms with van der Waals surface area (Å²) >= 11 is 0. The van der Waals surface area contributed by atoms with Crippen LogP contribution in [0.3, 0.4) is 0 Å². The SMILES string of the molecule is O=C(CCC(F)(F)F)N1C(=O)OC[C@H]1Cc1ccccc1.O=C(O)CCC(F)(F)F. The van der Waals surface area contributed by atoms with E-state index in [2.05, 4.69) is 0 Å². The summed E-state index contributed by atoms with van der Waals surface area (Å²) < 4.78 is 74.7. The molecule has 1 aromatic rings. The molecule has 30 heavy (non-hydrogen) atoms. The standard InChI is InChI=1S/C14H14F3NO3.C4H5F3O2/c15-14(16,17)7-6-12(19)18-11(9-21-13(18)20)8-10-4-2-1-3-5-10;5-4(6,7)2-1-3(8)9/h1-5,11H,6-9H2;1-2H2,(H,8,9)/t11-;/m1./s1. The maximum atomic E-state index is 12.2. The van der Waals surface area contributed by atoms with Crippen molar-refractivity contribution >= 4 is 18.0 Å². The molecule has 0 bridgehead atoms. The number of imide groups is 1. The number of carbonyl (C=O) groups is 3. The quantitative estimate of drug-likeness (QED) is 0.662. The third-order valence-corrected chi connectivity index (χ3v) is 3.79. The number of carbonyl (C=O) groups excluding carboxylic acids is 2. The molecule has 6 nitrogen and oxygen atoms in total. The van der Waals surface area contributed by atoms with Gasteiger partial charge in [-0.15, -0.1) is 0 Å². The minimum absolute atomic E-state index is 0.00544. The fraction of sp³-hybridized carbons (Fsp3) is 0.500. The maximum Gasteiger partial charge on any atom is 0.416 e. The highest BCUT2D eigenvalue weighted by atomic mass is 19.4. The highest BCUT2D eigenvalue weighted by Gasteiger charge is 2.39. The fourth-order valence-corrected chi connectivity index (χ4v) is 2.42. The van der Waals surface area contributed by atoms with Crippen molar-refractivity contribution in [3.05, 3.63) is 35.9 Å². The maximum absolute atomic E-state index is 12.2. The zero-order chi connectivity index (χ0) is 22.9. The second kappa shape index (κ2) is 10.8. The van der Waals surface area contributed by atoms with E-state index in [4.69, 9.17) is 9.84 Å². The normalized spacial score (nSPS) is 16.5. The van der Waals surface area contributed by atoms with Crippen molar-refractivity contribution in [2.75, 3.05) is 6.61 Å². The molecule has 0 aliphatic carbocycles. The van der Waals surface area contributed by atoms with Crippen molar-refractivity contribution < 1.29 is 50.6 Å². The third-order valence-electron chi connectivity index (χ3n) is 3.79. The second-order valence-electron chi connectivity index (χ2n) is 6.31. The van der Waals surface area contributed by atoms with Crippen LogP contribution in [0.5, 0.6) is 0 Å². The van der Waals surface area contributed by atoms with Crippen LogP contribution in [0.2, 0.25) is 0 Å². The van der Waals surface area contributed by atoms with Crippen molar-refractivity contribution in [2.45, 2.75) is 50.5 Å². The van der Waals surface area contributed by atoms with E-state index >= 15 is 0 Å². The van der Waals surface area contributed by atoms with E-state index in [1.165, 1.54) is 0 Å². The van der Waals surface area contributed by atoms with Gasteiger partial charge in [0.1, 0.15) is 6.61 Å². The Morgan fingerprint density at radius 1 is 1.00 bits per heavy atom. The molecule has 2 amide bonds. The first-order valence-corrected chi connectivity index (χ1v) is 8.66. The number of ether oxygens (including phenoxy) is 1. The predicted molar refractivity (Wildman–Crippen MR) is 90.3 cm³/mol. The van der Waals surface area contributed by atoms with E-state index in [0.717, 1.165) is 10.5 Å². The molecule has 1 aliphatic heterocycles. The van der Waals surface area contributed by atoms with Gasteiger partial charge in [-0.25, -0.2) is 9.69 Å². The van der Waals surface area contributed by atoms with E-state index in [-0.39, 0.29) is 6.61 Å².